The van der Waals surface area contributed by atoms with Crippen molar-refractivity contribution >= 4 is 11.8 Å². The quantitative estimate of drug-likeness (QED) is 0.595. The SMILES string of the molecule is OCC(O)CNCC1CCSCC1. The summed E-state index contributed by atoms with van der Waals surface area (Å²) in [4.78, 5) is 0. The second kappa shape index (κ2) is 6.65. The predicted octanol–water partition coefficient (Wildman–Crippen LogP) is 0.0724. The Morgan fingerprint density at radius 1 is 1.38 bits per heavy atom. The van der Waals surface area contributed by atoms with Gasteiger partial charge in [0.1, 0.15) is 0 Å². The summed E-state index contributed by atoms with van der Waals surface area (Å²) >= 11 is 2.03. The Morgan fingerprint density at radius 2 is 2.08 bits per heavy atom. The molecular formula is C9H19NO2S. The summed E-state index contributed by atoms with van der Waals surface area (Å²) < 4.78 is 0. The molecule has 1 fully saturated rings. The molecule has 1 heterocycles. The van der Waals surface area contributed by atoms with E-state index in [-0.39, 0.29) is 6.61 Å². The minimum atomic E-state index is -0.599. The third kappa shape index (κ3) is 4.86. The van der Waals surface area contributed by atoms with E-state index in [1.54, 1.807) is 0 Å². The van der Waals surface area contributed by atoms with E-state index in [1.807, 2.05) is 11.8 Å². The van der Waals surface area contributed by atoms with Crippen molar-refractivity contribution in [2.24, 2.45) is 5.92 Å². The van der Waals surface area contributed by atoms with Gasteiger partial charge < -0.3 is 15.5 Å². The zero-order chi connectivity index (χ0) is 9.52. The van der Waals surface area contributed by atoms with Crippen molar-refractivity contribution in [2.75, 3.05) is 31.2 Å². The van der Waals surface area contributed by atoms with Gasteiger partial charge >= 0.3 is 0 Å². The molecule has 1 rings (SSSR count). The minimum Gasteiger partial charge on any atom is -0.394 e. The number of nitrogens with one attached hydrogen (secondary N) is 1. The van der Waals surface area contributed by atoms with E-state index in [2.05, 4.69) is 5.32 Å². The van der Waals surface area contributed by atoms with Crippen molar-refractivity contribution in [1.82, 2.24) is 5.32 Å². The fourth-order valence-electron chi connectivity index (χ4n) is 1.47. The van der Waals surface area contributed by atoms with Crippen LogP contribution in [0.4, 0.5) is 0 Å². The van der Waals surface area contributed by atoms with Gasteiger partial charge in [-0.2, -0.15) is 11.8 Å². The van der Waals surface area contributed by atoms with E-state index in [0.29, 0.717) is 6.54 Å². The van der Waals surface area contributed by atoms with Crippen LogP contribution in [-0.2, 0) is 0 Å². The molecule has 0 saturated carbocycles. The molecular weight excluding hydrogens is 186 g/mol. The molecule has 13 heavy (non-hydrogen) atoms. The molecule has 1 atom stereocenters. The van der Waals surface area contributed by atoms with Crippen molar-refractivity contribution in [3.05, 3.63) is 0 Å². The van der Waals surface area contributed by atoms with Gasteiger partial charge in [-0.05, 0) is 36.8 Å². The van der Waals surface area contributed by atoms with Crippen molar-refractivity contribution in [1.29, 1.82) is 0 Å². The Hall–Kier alpha value is 0.230. The second-order valence-corrected chi connectivity index (χ2v) is 4.78. The maximum absolute atomic E-state index is 9.07. The molecule has 0 aromatic carbocycles. The Bertz CT molecular complexity index is 129. The van der Waals surface area contributed by atoms with E-state index in [4.69, 9.17) is 10.2 Å². The highest BCUT2D eigenvalue weighted by molar-refractivity contribution is 7.99. The molecule has 0 radical (unpaired) electrons. The fraction of sp³-hybridized carbons (Fsp3) is 1.00. The normalized spacial score (nSPS) is 21.7. The Morgan fingerprint density at radius 3 is 2.69 bits per heavy atom. The van der Waals surface area contributed by atoms with Crippen LogP contribution < -0.4 is 5.32 Å². The highest BCUT2D eigenvalue weighted by atomic mass is 32.2. The maximum Gasteiger partial charge on any atom is 0.0894 e. The van der Waals surface area contributed by atoms with Crippen LogP contribution in [0.2, 0.25) is 0 Å². The highest BCUT2D eigenvalue weighted by Gasteiger charge is 2.13. The molecule has 3 nitrogen and oxygen atoms in total. The van der Waals surface area contributed by atoms with Crippen LogP contribution in [0.3, 0.4) is 0 Å². The lowest BCUT2D eigenvalue weighted by Gasteiger charge is -2.22. The van der Waals surface area contributed by atoms with Crippen molar-refractivity contribution in [3.8, 4) is 0 Å². The largest absolute Gasteiger partial charge is 0.394 e. The average Bonchev–Trinajstić information content (AvgIpc) is 2.19. The first-order chi connectivity index (χ1) is 6.33. The van der Waals surface area contributed by atoms with Gasteiger partial charge in [0.15, 0.2) is 0 Å². The summed E-state index contributed by atoms with van der Waals surface area (Å²) in [5.74, 6) is 3.32. The predicted molar refractivity (Wildman–Crippen MR) is 56.0 cm³/mol. The highest BCUT2D eigenvalue weighted by Crippen LogP contribution is 2.21. The third-order valence-corrected chi connectivity index (χ3v) is 3.41. The molecule has 1 aliphatic rings. The molecule has 78 valence electrons. The number of aliphatic hydroxyl groups excluding tert-OH is 2. The lowest BCUT2D eigenvalue weighted by atomic mass is 10.0. The van der Waals surface area contributed by atoms with Crippen LogP contribution in [0.15, 0.2) is 0 Å². The average molecular weight is 205 g/mol. The molecule has 4 heteroatoms. The van der Waals surface area contributed by atoms with Gasteiger partial charge in [0.25, 0.3) is 0 Å². The van der Waals surface area contributed by atoms with Crippen LogP contribution in [-0.4, -0.2) is 47.5 Å². The molecule has 1 aliphatic heterocycles. The van der Waals surface area contributed by atoms with E-state index < -0.39 is 6.10 Å². The number of hydrogen-bond acceptors (Lipinski definition) is 4. The summed E-state index contributed by atoms with van der Waals surface area (Å²) in [6.07, 6.45) is 1.97. The number of rotatable bonds is 5. The van der Waals surface area contributed by atoms with Crippen LogP contribution in [0.25, 0.3) is 0 Å². The Kier molecular flexibility index (Phi) is 5.78. The first kappa shape index (κ1) is 11.3. The van der Waals surface area contributed by atoms with Gasteiger partial charge in [0, 0.05) is 6.54 Å². The Balaban J connectivity index is 1.98. The van der Waals surface area contributed by atoms with Gasteiger partial charge in [-0.1, -0.05) is 0 Å². The van der Waals surface area contributed by atoms with Crippen LogP contribution in [0, 0.1) is 5.92 Å². The van der Waals surface area contributed by atoms with Gasteiger partial charge in [-0.15, -0.1) is 0 Å². The summed E-state index contributed by atoms with van der Waals surface area (Å²) in [5.41, 5.74) is 0. The van der Waals surface area contributed by atoms with Gasteiger partial charge in [-0.3, -0.25) is 0 Å². The van der Waals surface area contributed by atoms with Gasteiger partial charge in [-0.25, -0.2) is 0 Å². The maximum atomic E-state index is 9.07. The van der Waals surface area contributed by atoms with Crippen molar-refractivity contribution < 1.29 is 10.2 Å². The van der Waals surface area contributed by atoms with E-state index in [9.17, 15) is 0 Å². The summed E-state index contributed by atoms with van der Waals surface area (Å²) in [7, 11) is 0. The topological polar surface area (TPSA) is 52.5 Å². The first-order valence-electron chi connectivity index (χ1n) is 4.90. The molecule has 0 aliphatic carbocycles. The molecule has 3 N–H and O–H groups in total. The first-order valence-corrected chi connectivity index (χ1v) is 6.05. The summed E-state index contributed by atoms with van der Waals surface area (Å²) in [6, 6.07) is 0. The van der Waals surface area contributed by atoms with Crippen LogP contribution in [0.5, 0.6) is 0 Å². The van der Waals surface area contributed by atoms with Crippen LogP contribution >= 0.6 is 11.8 Å². The monoisotopic (exact) mass is 205 g/mol. The number of thioether (sulfide) groups is 1. The standard InChI is InChI=1S/C9H19NO2S/c11-7-9(12)6-10-5-8-1-3-13-4-2-8/h8-12H,1-7H2. The van der Waals surface area contributed by atoms with Crippen LogP contribution in [0.1, 0.15) is 12.8 Å². The lowest BCUT2D eigenvalue weighted by molar-refractivity contribution is 0.0935. The van der Waals surface area contributed by atoms with Gasteiger partial charge in [0.05, 0.1) is 12.7 Å². The van der Waals surface area contributed by atoms with E-state index >= 15 is 0 Å². The molecule has 0 spiro atoms. The molecule has 0 aromatic rings. The summed E-state index contributed by atoms with van der Waals surface area (Å²) in [5, 5.41) is 20.8. The third-order valence-electron chi connectivity index (χ3n) is 2.36. The van der Waals surface area contributed by atoms with Crippen molar-refractivity contribution in [3.63, 3.8) is 0 Å². The fourth-order valence-corrected chi connectivity index (χ4v) is 2.67. The summed E-state index contributed by atoms with van der Waals surface area (Å²) in [6.45, 7) is 1.35. The molecule has 0 amide bonds. The van der Waals surface area contributed by atoms with Crippen molar-refractivity contribution in [2.45, 2.75) is 18.9 Å². The Labute approximate surface area is 83.9 Å². The molecule has 1 saturated heterocycles. The van der Waals surface area contributed by atoms with Gasteiger partial charge in [0.2, 0.25) is 0 Å². The second-order valence-electron chi connectivity index (χ2n) is 3.55. The molecule has 1 unspecified atom stereocenters. The zero-order valence-electron chi connectivity index (χ0n) is 7.91. The molecule has 0 aromatic heterocycles. The smallest absolute Gasteiger partial charge is 0.0894 e. The number of aliphatic hydroxyl groups is 2. The zero-order valence-corrected chi connectivity index (χ0v) is 8.72. The van der Waals surface area contributed by atoms with E-state index in [0.717, 1.165) is 12.5 Å². The van der Waals surface area contributed by atoms with E-state index in [1.165, 1.54) is 24.3 Å². The molecule has 0 bridgehead atoms. The lowest BCUT2D eigenvalue weighted by Crippen LogP contribution is -2.33. The minimum absolute atomic E-state index is 0.145. The number of hydrogen-bond donors (Lipinski definition) is 3.